The molecule has 0 saturated carbocycles. The van der Waals surface area contributed by atoms with E-state index >= 15 is 0 Å². The second kappa shape index (κ2) is 5.20. The Bertz CT molecular complexity index is 672. The van der Waals surface area contributed by atoms with E-state index in [4.69, 9.17) is 23.2 Å². The summed E-state index contributed by atoms with van der Waals surface area (Å²) >= 11 is 11.8. The van der Waals surface area contributed by atoms with Crippen molar-refractivity contribution in [3.63, 3.8) is 0 Å². The third-order valence-electron chi connectivity index (χ3n) is 3.75. The van der Waals surface area contributed by atoms with Crippen LogP contribution in [0.5, 0.6) is 0 Å². The van der Waals surface area contributed by atoms with E-state index in [0.717, 1.165) is 11.1 Å². The van der Waals surface area contributed by atoms with Crippen molar-refractivity contribution in [2.24, 2.45) is 0 Å². The van der Waals surface area contributed by atoms with Crippen molar-refractivity contribution in [1.29, 1.82) is 0 Å². The number of carbonyl (C=O) groups is 1. The molecule has 1 fully saturated rings. The second-order valence-electron chi connectivity index (χ2n) is 5.15. The van der Waals surface area contributed by atoms with E-state index in [-0.39, 0.29) is 12.1 Å². The monoisotopic (exact) mass is 321 g/mol. The van der Waals surface area contributed by atoms with E-state index in [1.165, 1.54) is 0 Å². The van der Waals surface area contributed by atoms with E-state index in [9.17, 15) is 4.79 Å². The van der Waals surface area contributed by atoms with Crippen LogP contribution in [0.2, 0.25) is 10.2 Å². The van der Waals surface area contributed by atoms with Gasteiger partial charge in [0.15, 0.2) is 0 Å². The van der Waals surface area contributed by atoms with Gasteiger partial charge in [-0.1, -0.05) is 41.4 Å². The van der Waals surface area contributed by atoms with E-state index in [1.54, 1.807) is 12.3 Å². The number of halogens is 2. The maximum Gasteiger partial charge on any atom is 0.316 e. The van der Waals surface area contributed by atoms with Gasteiger partial charge >= 0.3 is 6.03 Å². The Morgan fingerprint density at radius 3 is 2.48 bits per heavy atom. The van der Waals surface area contributed by atoms with E-state index in [0.29, 0.717) is 10.2 Å². The van der Waals surface area contributed by atoms with Crippen LogP contribution in [0.15, 0.2) is 42.6 Å². The Morgan fingerprint density at radius 2 is 1.86 bits per heavy atom. The molecule has 0 bridgehead atoms. The minimum atomic E-state index is -0.586. The third-order valence-corrected chi connectivity index (χ3v) is 4.23. The molecular formula is C15H13Cl2N3O. The molecular weight excluding hydrogens is 309 g/mol. The molecule has 1 aromatic carbocycles. The van der Waals surface area contributed by atoms with Crippen molar-refractivity contribution in [3.05, 3.63) is 63.9 Å². The van der Waals surface area contributed by atoms with Gasteiger partial charge in [0.25, 0.3) is 0 Å². The van der Waals surface area contributed by atoms with Crippen LogP contribution >= 0.6 is 23.2 Å². The molecule has 1 aromatic heterocycles. The highest BCUT2D eigenvalue weighted by Gasteiger charge is 2.44. The Hall–Kier alpha value is -1.78. The SMILES string of the molecule is C[C@@]1(c2ccc(Cl)cc2)NC(=O)N[C@@H]1c1ccc(Cl)nc1. The fourth-order valence-electron chi connectivity index (χ4n) is 2.63. The molecule has 2 aromatic rings. The largest absolute Gasteiger partial charge is 0.329 e. The van der Waals surface area contributed by atoms with Crippen molar-refractivity contribution >= 4 is 29.2 Å². The Balaban J connectivity index is 2.04. The first-order valence-electron chi connectivity index (χ1n) is 6.45. The molecule has 0 radical (unpaired) electrons. The molecule has 21 heavy (non-hydrogen) atoms. The van der Waals surface area contributed by atoms with Crippen LogP contribution in [0.4, 0.5) is 4.79 Å². The molecule has 1 saturated heterocycles. The average molecular weight is 322 g/mol. The summed E-state index contributed by atoms with van der Waals surface area (Å²) in [4.78, 5) is 15.9. The zero-order valence-corrected chi connectivity index (χ0v) is 12.7. The van der Waals surface area contributed by atoms with E-state index in [2.05, 4.69) is 15.6 Å². The van der Waals surface area contributed by atoms with Gasteiger partial charge in [-0.25, -0.2) is 9.78 Å². The fraction of sp³-hybridized carbons (Fsp3) is 0.200. The van der Waals surface area contributed by atoms with Crippen molar-refractivity contribution in [2.45, 2.75) is 18.5 Å². The maximum absolute atomic E-state index is 11.9. The summed E-state index contributed by atoms with van der Waals surface area (Å²) < 4.78 is 0. The van der Waals surface area contributed by atoms with Crippen molar-refractivity contribution < 1.29 is 4.79 Å². The lowest BCUT2D eigenvalue weighted by molar-refractivity contribution is 0.245. The minimum Gasteiger partial charge on any atom is -0.329 e. The summed E-state index contributed by atoms with van der Waals surface area (Å²) in [6.07, 6.45) is 1.68. The van der Waals surface area contributed by atoms with Crippen LogP contribution in [0.25, 0.3) is 0 Å². The number of amides is 2. The summed E-state index contributed by atoms with van der Waals surface area (Å²) in [7, 11) is 0. The zero-order chi connectivity index (χ0) is 15.0. The number of urea groups is 1. The number of nitrogens with one attached hydrogen (secondary N) is 2. The average Bonchev–Trinajstić information content (AvgIpc) is 2.76. The van der Waals surface area contributed by atoms with Gasteiger partial charge in [0.05, 0.1) is 11.6 Å². The molecule has 2 heterocycles. The van der Waals surface area contributed by atoms with Crippen LogP contribution < -0.4 is 10.6 Å². The van der Waals surface area contributed by atoms with E-state index in [1.807, 2.05) is 37.3 Å². The van der Waals surface area contributed by atoms with Crippen LogP contribution in [0.3, 0.4) is 0 Å². The molecule has 1 aliphatic heterocycles. The Kier molecular flexibility index (Phi) is 3.51. The minimum absolute atomic E-state index is 0.215. The normalized spacial score (nSPS) is 24.5. The maximum atomic E-state index is 11.9. The molecule has 0 aliphatic carbocycles. The first-order chi connectivity index (χ1) is 9.99. The summed E-state index contributed by atoms with van der Waals surface area (Å²) in [5, 5.41) is 6.98. The third kappa shape index (κ3) is 2.57. The van der Waals surface area contributed by atoms with Gasteiger partial charge in [-0.05, 0) is 36.2 Å². The number of carbonyl (C=O) groups excluding carboxylic acids is 1. The number of hydrogen-bond acceptors (Lipinski definition) is 2. The smallest absolute Gasteiger partial charge is 0.316 e. The van der Waals surface area contributed by atoms with Crippen molar-refractivity contribution in [2.75, 3.05) is 0 Å². The first-order valence-corrected chi connectivity index (χ1v) is 7.21. The zero-order valence-electron chi connectivity index (χ0n) is 11.2. The molecule has 6 heteroatoms. The number of benzene rings is 1. The second-order valence-corrected chi connectivity index (χ2v) is 5.98. The lowest BCUT2D eigenvalue weighted by atomic mass is 9.83. The molecule has 4 nitrogen and oxygen atoms in total. The predicted octanol–water partition coefficient (Wildman–Crippen LogP) is 3.66. The molecule has 0 spiro atoms. The number of hydrogen-bond donors (Lipinski definition) is 2. The summed E-state index contributed by atoms with van der Waals surface area (Å²) in [6, 6.07) is 10.6. The quantitative estimate of drug-likeness (QED) is 0.829. The molecule has 1 aliphatic rings. The molecule has 0 unspecified atom stereocenters. The fourth-order valence-corrected chi connectivity index (χ4v) is 2.87. The van der Waals surface area contributed by atoms with Gasteiger partial charge in [0.2, 0.25) is 0 Å². The van der Waals surface area contributed by atoms with Gasteiger partial charge in [0.1, 0.15) is 5.15 Å². The van der Waals surface area contributed by atoms with Crippen LogP contribution in [0, 0.1) is 0 Å². The highest BCUT2D eigenvalue weighted by atomic mass is 35.5. The first kappa shape index (κ1) is 14.2. The number of pyridine rings is 1. The van der Waals surface area contributed by atoms with Gasteiger partial charge in [-0.3, -0.25) is 0 Å². The van der Waals surface area contributed by atoms with E-state index < -0.39 is 5.54 Å². The van der Waals surface area contributed by atoms with Gasteiger partial charge < -0.3 is 10.6 Å². The van der Waals surface area contributed by atoms with Crippen molar-refractivity contribution in [3.8, 4) is 0 Å². The van der Waals surface area contributed by atoms with Crippen LogP contribution in [-0.4, -0.2) is 11.0 Å². The van der Waals surface area contributed by atoms with Crippen LogP contribution in [-0.2, 0) is 5.54 Å². The molecule has 2 atom stereocenters. The number of nitrogens with zero attached hydrogens (tertiary/aromatic N) is 1. The Morgan fingerprint density at radius 1 is 1.14 bits per heavy atom. The highest BCUT2D eigenvalue weighted by molar-refractivity contribution is 6.30. The lowest BCUT2D eigenvalue weighted by Gasteiger charge is -2.31. The van der Waals surface area contributed by atoms with Gasteiger partial charge in [-0.2, -0.15) is 0 Å². The summed E-state index contributed by atoms with van der Waals surface area (Å²) in [6.45, 7) is 1.97. The summed E-state index contributed by atoms with van der Waals surface area (Å²) in [5.41, 5.74) is 1.26. The predicted molar refractivity (Wildman–Crippen MR) is 82.5 cm³/mol. The molecule has 2 amide bonds. The molecule has 2 N–H and O–H groups in total. The number of rotatable bonds is 2. The highest BCUT2D eigenvalue weighted by Crippen LogP contribution is 2.38. The summed E-state index contributed by atoms with van der Waals surface area (Å²) in [5.74, 6) is 0. The van der Waals surface area contributed by atoms with Gasteiger partial charge in [-0.15, -0.1) is 0 Å². The number of aromatic nitrogens is 1. The van der Waals surface area contributed by atoms with Crippen molar-refractivity contribution in [1.82, 2.24) is 15.6 Å². The topological polar surface area (TPSA) is 54.0 Å². The Labute approximate surface area is 132 Å². The molecule has 3 rings (SSSR count). The standard InChI is InChI=1S/C15H13Cl2N3O/c1-15(10-3-5-11(16)6-4-10)13(19-14(21)20-15)9-2-7-12(17)18-8-9/h2-8,13H,1H3,(H2,19,20,21)/t13-,15+/m1/s1. The van der Waals surface area contributed by atoms with Gasteiger partial charge in [0, 0.05) is 11.2 Å². The lowest BCUT2D eigenvalue weighted by Crippen LogP contribution is -2.39. The molecule has 108 valence electrons. The van der Waals surface area contributed by atoms with Crippen LogP contribution in [0.1, 0.15) is 24.1 Å².